The number of esters is 1. The molecule has 1 amide bonds. The Bertz CT molecular complexity index is 1010. The molecule has 6 nitrogen and oxygen atoms in total. The second kappa shape index (κ2) is 49.1. The number of unbranched alkanes of at least 4 members (excludes halogenated alkanes) is 32. The number of amides is 1. The van der Waals surface area contributed by atoms with Crippen LogP contribution >= 0.6 is 0 Å². The first kappa shape index (κ1) is 59.1. The summed E-state index contributed by atoms with van der Waals surface area (Å²) in [5.74, 6) is -0.497. The molecule has 0 saturated carbocycles. The topological polar surface area (TPSA) is 95.9 Å². The molecule has 0 saturated heterocycles. The van der Waals surface area contributed by atoms with Gasteiger partial charge in [0.1, 0.15) is 6.10 Å². The van der Waals surface area contributed by atoms with Crippen LogP contribution in [-0.2, 0) is 14.3 Å². The molecule has 0 aromatic heterocycles. The highest BCUT2D eigenvalue weighted by Crippen LogP contribution is 2.18. The number of carbonyl (C=O) groups is 2. The zero-order chi connectivity index (χ0) is 44.5. The maximum Gasteiger partial charge on any atom is 0.306 e. The van der Waals surface area contributed by atoms with Crippen molar-refractivity contribution in [2.24, 2.45) is 0 Å². The van der Waals surface area contributed by atoms with E-state index in [9.17, 15) is 19.8 Å². The van der Waals surface area contributed by atoms with Gasteiger partial charge in [0.2, 0.25) is 5.91 Å². The van der Waals surface area contributed by atoms with Crippen LogP contribution in [0.15, 0.2) is 36.5 Å². The third-order valence-electron chi connectivity index (χ3n) is 12.3. The lowest BCUT2D eigenvalue weighted by Gasteiger charge is -2.24. The summed E-state index contributed by atoms with van der Waals surface area (Å²) in [6.45, 7) is 6.36. The molecule has 0 aliphatic heterocycles. The summed E-state index contributed by atoms with van der Waals surface area (Å²) in [5.41, 5.74) is 0. The van der Waals surface area contributed by atoms with Crippen molar-refractivity contribution in [1.29, 1.82) is 0 Å². The van der Waals surface area contributed by atoms with Gasteiger partial charge >= 0.3 is 5.97 Å². The van der Waals surface area contributed by atoms with Crippen LogP contribution in [0.5, 0.6) is 0 Å². The van der Waals surface area contributed by atoms with Crippen LogP contribution in [0.4, 0.5) is 0 Å². The summed E-state index contributed by atoms with van der Waals surface area (Å²) in [6.07, 6.45) is 57.9. The normalized spacial score (nSPS) is 13.5. The quantitative estimate of drug-likeness (QED) is 0.0322. The Morgan fingerprint density at radius 1 is 0.492 bits per heavy atom. The third-order valence-corrected chi connectivity index (χ3v) is 12.3. The van der Waals surface area contributed by atoms with Gasteiger partial charge in [-0.05, 0) is 44.9 Å². The van der Waals surface area contributed by atoms with Gasteiger partial charge in [-0.25, -0.2) is 0 Å². The highest BCUT2D eigenvalue weighted by Gasteiger charge is 2.24. The van der Waals surface area contributed by atoms with Gasteiger partial charge < -0.3 is 20.3 Å². The Morgan fingerprint density at radius 2 is 0.885 bits per heavy atom. The van der Waals surface area contributed by atoms with E-state index in [0.717, 1.165) is 70.6 Å². The van der Waals surface area contributed by atoms with E-state index in [2.05, 4.69) is 56.5 Å². The van der Waals surface area contributed by atoms with Gasteiger partial charge in [-0.15, -0.1) is 0 Å². The van der Waals surface area contributed by atoms with Gasteiger partial charge in [0.25, 0.3) is 0 Å². The standard InChI is InChI=1S/C55H103NO5/c1-4-7-10-13-16-19-22-24-26-27-28-29-32-35-38-41-44-47-53(58)52(50-57)56-54(59)49-51(46-43-40-37-34-31-21-18-15-12-9-6-3)61-55(60)48-45-42-39-36-33-30-25-23-20-17-14-11-8-5-2/h9,12,15,18,21,31,51-53,57-58H,4-8,10-11,13-14,16-17,19-20,22-30,32-50H2,1-3H3,(H,56,59)/b12-9+,18-15+,31-21-. The van der Waals surface area contributed by atoms with Gasteiger partial charge in [-0.1, -0.05) is 256 Å². The zero-order valence-corrected chi connectivity index (χ0v) is 40.8. The summed E-state index contributed by atoms with van der Waals surface area (Å²) in [4.78, 5) is 26.1. The highest BCUT2D eigenvalue weighted by molar-refractivity contribution is 5.77. The largest absolute Gasteiger partial charge is 0.462 e. The van der Waals surface area contributed by atoms with Crippen LogP contribution in [0.1, 0.15) is 278 Å². The van der Waals surface area contributed by atoms with Crippen molar-refractivity contribution in [1.82, 2.24) is 5.32 Å². The lowest BCUT2D eigenvalue weighted by atomic mass is 10.0. The van der Waals surface area contributed by atoms with Gasteiger partial charge in [-0.3, -0.25) is 9.59 Å². The average Bonchev–Trinajstić information content (AvgIpc) is 3.25. The molecule has 0 aromatic rings. The van der Waals surface area contributed by atoms with E-state index in [0.29, 0.717) is 19.3 Å². The summed E-state index contributed by atoms with van der Waals surface area (Å²) < 4.78 is 5.91. The Hall–Kier alpha value is -1.92. The number of hydrogen-bond acceptors (Lipinski definition) is 5. The Balaban J connectivity index is 4.47. The smallest absolute Gasteiger partial charge is 0.306 e. The minimum absolute atomic E-state index is 0.0583. The zero-order valence-electron chi connectivity index (χ0n) is 40.8. The molecule has 6 heteroatoms. The first-order valence-corrected chi connectivity index (χ1v) is 26.7. The van der Waals surface area contributed by atoms with Gasteiger partial charge in [-0.2, -0.15) is 0 Å². The fraction of sp³-hybridized carbons (Fsp3) is 0.855. The molecule has 0 aliphatic carbocycles. The molecule has 0 radical (unpaired) electrons. The molecule has 3 atom stereocenters. The number of rotatable bonds is 48. The number of nitrogens with one attached hydrogen (secondary N) is 1. The monoisotopic (exact) mass is 858 g/mol. The number of ether oxygens (including phenoxy) is 1. The fourth-order valence-corrected chi connectivity index (χ4v) is 8.26. The van der Waals surface area contributed by atoms with E-state index in [1.807, 2.05) is 6.08 Å². The van der Waals surface area contributed by atoms with E-state index >= 15 is 0 Å². The SMILES string of the molecule is CC/C=C/C=C/C=C\CCCCCC(CC(=O)NC(CO)C(O)CCCCCCCCCCCCCCCCCCC)OC(=O)CCCCCCCCCCCCCCCC. The van der Waals surface area contributed by atoms with E-state index in [1.165, 1.54) is 161 Å². The first-order valence-electron chi connectivity index (χ1n) is 26.7. The molecular formula is C55H103NO5. The number of hydrogen-bond donors (Lipinski definition) is 3. The lowest BCUT2D eigenvalue weighted by molar-refractivity contribution is -0.151. The van der Waals surface area contributed by atoms with Crippen molar-refractivity contribution in [2.75, 3.05) is 6.61 Å². The Labute approximate surface area is 379 Å². The van der Waals surface area contributed by atoms with Crippen molar-refractivity contribution < 1.29 is 24.5 Å². The van der Waals surface area contributed by atoms with Crippen molar-refractivity contribution in [3.63, 3.8) is 0 Å². The Kier molecular flexibility index (Phi) is 47.6. The molecule has 0 aliphatic rings. The Morgan fingerprint density at radius 3 is 1.33 bits per heavy atom. The maximum atomic E-state index is 13.2. The third kappa shape index (κ3) is 44.5. The van der Waals surface area contributed by atoms with Crippen LogP contribution in [0.25, 0.3) is 0 Å². The first-order chi connectivity index (χ1) is 30.0. The molecule has 0 spiro atoms. The van der Waals surface area contributed by atoms with Crippen LogP contribution in [0, 0.1) is 0 Å². The molecular weight excluding hydrogens is 755 g/mol. The van der Waals surface area contributed by atoms with Gasteiger partial charge in [0, 0.05) is 6.42 Å². The summed E-state index contributed by atoms with van der Waals surface area (Å²) in [5, 5.41) is 23.8. The predicted octanol–water partition coefficient (Wildman–Crippen LogP) is 16.1. The average molecular weight is 858 g/mol. The van der Waals surface area contributed by atoms with E-state index in [-0.39, 0.29) is 24.9 Å². The fourth-order valence-electron chi connectivity index (χ4n) is 8.26. The predicted molar refractivity (Wildman–Crippen MR) is 264 cm³/mol. The molecule has 3 N–H and O–H groups in total. The van der Waals surface area contributed by atoms with Crippen molar-refractivity contribution in [3.8, 4) is 0 Å². The molecule has 3 unspecified atom stereocenters. The minimum atomic E-state index is -0.794. The number of carbonyl (C=O) groups excluding carboxylic acids is 2. The lowest BCUT2D eigenvalue weighted by Crippen LogP contribution is -2.46. The van der Waals surface area contributed by atoms with Crippen LogP contribution in [0.3, 0.4) is 0 Å². The number of aliphatic hydroxyl groups excluding tert-OH is 2. The van der Waals surface area contributed by atoms with Gasteiger partial charge in [0.05, 0.1) is 25.2 Å². The number of allylic oxidation sites excluding steroid dienone is 6. The molecule has 61 heavy (non-hydrogen) atoms. The summed E-state index contributed by atoms with van der Waals surface area (Å²) >= 11 is 0. The maximum absolute atomic E-state index is 13.2. The van der Waals surface area contributed by atoms with Gasteiger partial charge in [0.15, 0.2) is 0 Å². The molecule has 0 rings (SSSR count). The van der Waals surface area contributed by atoms with Crippen molar-refractivity contribution >= 4 is 11.9 Å². The molecule has 0 aromatic carbocycles. The minimum Gasteiger partial charge on any atom is -0.462 e. The van der Waals surface area contributed by atoms with Crippen molar-refractivity contribution in [3.05, 3.63) is 36.5 Å². The molecule has 358 valence electrons. The molecule has 0 heterocycles. The van der Waals surface area contributed by atoms with E-state index in [1.54, 1.807) is 0 Å². The second-order valence-corrected chi connectivity index (χ2v) is 18.3. The van der Waals surface area contributed by atoms with E-state index < -0.39 is 18.2 Å². The van der Waals surface area contributed by atoms with Crippen LogP contribution in [0.2, 0.25) is 0 Å². The van der Waals surface area contributed by atoms with Crippen LogP contribution < -0.4 is 5.32 Å². The molecule has 0 bridgehead atoms. The highest BCUT2D eigenvalue weighted by atomic mass is 16.5. The van der Waals surface area contributed by atoms with Crippen molar-refractivity contribution in [2.45, 2.75) is 296 Å². The second-order valence-electron chi connectivity index (χ2n) is 18.3. The van der Waals surface area contributed by atoms with Crippen LogP contribution in [-0.4, -0.2) is 46.9 Å². The summed E-state index contributed by atoms with van der Waals surface area (Å²) in [7, 11) is 0. The number of aliphatic hydroxyl groups is 2. The van der Waals surface area contributed by atoms with E-state index in [4.69, 9.17) is 4.74 Å². The molecule has 0 fully saturated rings. The summed E-state index contributed by atoms with van der Waals surface area (Å²) in [6, 6.07) is -0.709.